The zero-order chi connectivity index (χ0) is 14.9. The number of rotatable bonds is 4. The number of aryl methyl sites for hydroxylation is 1. The molecular formula is C14H22N2O2S2. The summed E-state index contributed by atoms with van der Waals surface area (Å²) in [5, 5.41) is 0.367. The smallest absolute Gasteiger partial charge is 0.241 e. The third kappa shape index (κ3) is 2.97. The second-order valence-electron chi connectivity index (χ2n) is 5.36. The summed E-state index contributed by atoms with van der Waals surface area (Å²) >= 11 is 1.74. The second-order valence-corrected chi connectivity index (χ2v) is 8.09. The molecule has 0 bridgehead atoms. The first-order valence-corrected chi connectivity index (χ1v) is 9.54. The van der Waals surface area contributed by atoms with Crippen LogP contribution in [0, 0.1) is 13.8 Å². The van der Waals surface area contributed by atoms with Gasteiger partial charge in [0.25, 0.3) is 0 Å². The molecule has 0 heterocycles. The summed E-state index contributed by atoms with van der Waals surface area (Å²) in [6, 6.07) is 3.54. The fraction of sp³-hybridized carbons (Fsp3) is 0.571. The van der Waals surface area contributed by atoms with Crippen LogP contribution in [0.1, 0.15) is 30.4 Å². The van der Waals surface area contributed by atoms with Gasteiger partial charge in [-0.15, -0.1) is 0 Å². The van der Waals surface area contributed by atoms with E-state index in [1.54, 1.807) is 30.8 Å². The Morgan fingerprint density at radius 1 is 1.30 bits per heavy atom. The molecule has 3 N–H and O–H groups in total. The van der Waals surface area contributed by atoms with Gasteiger partial charge in [-0.25, -0.2) is 13.1 Å². The number of anilines is 1. The van der Waals surface area contributed by atoms with E-state index >= 15 is 0 Å². The van der Waals surface area contributed by atoms with Gasteiger partial charge in [0.2, 0.25) is 10.0 Å². The Labute approximate surface area is 125 Å². The Hall–Kier alpha value is -0.720. The molecule has 2 rings (SSSR count). The molecule has 0 spiro atoms. The van der Waals surface area contributed by atoms with Crippen molar-refractivity contribution in [2.75, 3.05) is 12.0 Å². The number of benzene rings is 1. The summed E-state index contributed by atoms with van der Waals surface area (Å²) < 4.78 is 28.2. The molecule has 20 heavy (non-hydrogen) atoms. The predicted octanol–water partition coefficient (Wildman–Crippen LogP) is 2.45. The van der Waals surface area contributed by atoms with E-state index in [9.17, 15) is 8.42 Å². The van der Waals surface area contributed by atoms with Crippen LogP contribution in [0.2, 0.25) is 0 Å². The van der Waals surface area contributed by atoms with Crippen LogP contribution in [0.25, 0.3) is 0 Å². The van der Waals surface area contributed by atoms with Crippen molar-refractivity contribution in [2.45, 2.75) is 49.3 Å². The molecule has 0 amide bonds. The quantitative estimate of drug-likeness (QED) is 0.837. The Bertz CT molecular complexity index is 599. The molecule has 2 atom stereocenters. The third-order valence-electron chi connectivity index (χ3n) is 3.98. The monoisotopic (exact) mass is 314 g/mol. The van der Waals surface area contributed by atoms with Gasteiger partial charge < -0.3 is 5.73 Å². The molecule has 2 unspecified atom stereocenters. The van der Waals surface area contributed by atoms with Gasteiger partial charge >= 0.3 is 0 Å². The average Bonchev–Trinajstić information content (AvgIpc) is 2.80. The highest BCUT2D eigenvalue weighted by Crippen LogP contribution is 2.31. The summed E-state index contributed by atoms with van der Waals surface area (Å²) in [7, 11) is -3.51. The minimum atomic E-state index is -3.51. The van der Waals surface area contributed by atoms with Crippen molar-refractivity contribution in [3.05, 3.63) is 23.3 Å². The highest BCUT2D eigenvalue weighted by Gasteiger charge is 2.32. The Morgan fingerprint density at radius 2 is 2.00 bits per heavy atom. The van der Waals surface area contributed by atoms with Crippen LogP contribution in [0.5, 0.6) is 0 Å². The minimum Gasteiger partial charge on any atom is -0.398 e. The number of nitrogens with one attached hydrogen (secondary N) is 1. The fourth-order valence-electron chi connectivity index (χ4n) is 2.86. The molecule has 1 aliphatic rings. The normalized spacial score (nSPS) is 23.1. The lowest BCUT2D eigenvalue weighted by molar-refractivity contribution is 0.554. The first-order valence-electron chi connectivity index (χ1n) is 6.77. The summed E-state index contributed by atoms with van der Waals surface area (Å²) in [4.78, 5) is 0.337. The van der Waals surface area contributed by atoms with Gasteiger partial charge in [-0.05, 0) is 50.1 Å². The van der Waals surface area contributed by atoms with Gasteiger partial charge in [0.15, 0.2) is 0 Å². The molecule has 0 saturated heterocycles. The molecule has 6 heteroatoms. The Balaban J connectivity index is 2.34. The van der Waals surface area contributed by atoms with Gasteiger partial charge in [0, 0.05) is 17.0 Å². The molecule has 1 aromatic carbocycles. The van der Waals surface area contributed by atoms with Crippen LogP contribution in [-0.2, 0) is 10.0 Å². The third-order valence-corrected chi connectivity index (χ3v) is 6.92. The van der Waals surface area contributed by atoms with Gasteiger partial charge in [-0.3, -0.25) is 0 Å². The molecular weight excluding hydrogens is 292 g/mol. The lowest BCUT2D eigenvalue weighted by Gasteiger charge is -2.21. The average molecular weight is 314 g/mol. The number of nitrogen functional groups attached to an aromatic ring is 1. The lowest BCUT2D eigenvalue weighted by atomic mass is 10.1. The molecule has 0 aliphatic heterocycles. The largest absolute Gasteiger partial charge is 0.398 e. The van der Waals surface area contributed by atoms with Gasteiger partial charge in [0.1, 0.15) is 0 Å². The molecule has 1 saturated carbocycles. The fourth-order valence-corrected chi connectivity index (χ4v) is 5.69. The van der Waals surface area contributed by atoms with Crippen molar-refractivity contribution < 1.29 is 8.42 Å². The lowest BCUT2D eigenvalue weighted by Crippen LogP contribution is -2.39. The van der Waals surface area contributed by atoms with E-state index in [-0.39, 0.29) is 6.04 Å². The van der Waals surface area contributed by atoms with E-state index in [0.29, 0.717) is 21.4 Å². The van der Waals surface area contributed by atoms with Gasteiger partial charge in [-0.2, -0.15) is 11.8 Å². The molecule has 1 fully saturated rings. The highest BCUT2D eigenvalue weighted by molar-refractivity contribution is 7.99. The molecule has 0 aromatic heterocycles. The molecule has 1 aliphatic carbocycles. The predicted molar refractivity (Wildman–Crippen MR) is 85.6 cm³/mol. The number of nitrogens with two attached hydrogens (primary N) is 1. The van der Waals surface area contributed by atoms with Crippen LogP contribution >= 0.6 is 11.8 Å². The molecule has 1 aromatic rings. The topological polar surface area (TPSA) is 72.2 Å². The zero-order valence-electron chi connectivity index (χ0n) is 12.1. The first kappa shape index (κ1) is 15.7. The number of hydrogen-bond donors (Lipinski definition) is 2. The summed E-state index contributed by atoms with van der Waals surface area (Å²) in [5.74, 6) is 0. The van der Waals surface area contributed by atoms with Gasteiger partial charge in [-0.1, -0.05) is 12.5 Å². The van der Waals surface area contributed by atoms with Crippen LogP contribution in [0.3, 0.4) is 0 Å². The maximum Gasteiger partial charge on any atom is 0.241 e. The van der Waals surface area contributed by atoms with Crippen molar-refractivity contribution in [3.8, 4) is 0 Å². The van der Waals surface area contributed by atoms with E-state index in [1.807, 2.05) is 13.2 Å². The van der Waals surface area contributed by atoms with Crippen LogP contribution in [0.15, 0.2) is 17.0 Å². The van der Waals surface area contributed by atoms with Crippen molar-refractivity contribution in [1.29, 1.82) is 0 Å². The van der Waals surface area contributed by atoms with E-state index in [0.717, 1.165) is 24.8 Å². The standard InChI is InChI=1S/C14H22N2O2S2/c1-9-7-8-11(15)10(2)14(9)20(17,18)16-12-5-4-6-13(12)19-3/h7-8,12-13,16H,4-6,15H2,1-3H3. The summed E-state index contributed by atoms with van der Waals surface area (Å²) in [6.07, 6.45) is 5.09. The first-order chi connectivity index (χ1) is 9.36. The highest BCUT2D eigenvalue weighted by atomic mass is 32.2. The summed E-state index contributed by atoms with van der Waals surface area (Å²) in [6.45, 7) is 3.57. The SMILES string of the molecule is CSC1CCCC1NS(=O)(=O)c1c(C)ccc(N)c1C. The molecule has 112 valence electrons. The maximum absolute atomic E-state index is 12.7. The van der Waals surface area contributed by atoms with Gasteiger partial charge in [0.05, 0.1) is 4.90 Å². The molecule has 0 radical (unpaired) electrons. The van der Waals surface area contributed by atoms with Crippen LogP contribution in [-0.4, -0.2) is 26.0 Å². The van der Waals surface area contributed by atoms with Crippen LogP contribution < -0.4 is 10.5 Å². The van der Waals surface area contributed by atoms with E-state index in [1.165, 1.54) is 0 Å². The second kappa shape index (κ2) is 5.95. The number of thioether (sulfide) groups is 1. The number of sulfonamides is 1. The molecule has 4 nitrogen and oxygen atoms in total. The maximum atomic E-state index is 12.7. The van der Waals surface area contributed by atoms with E-state index in [4.69, 9.17) is 5.73 Å². The number of hydrogen-bond acceptors (Lipinski definition) is 4. The van der Waals surface area contributed by atoms with E-state index < -0.39 is 10.0 Å². The van der Waals surface area contributed by atoms with Crippen molar-refractivity contribution in [1.82, 2.24) is 4.72 Å². The minimum absolute atomic E-state index is 0.0234. The zero-order valence-corrected chi connectivity index (χ0v) is 13.8. The van der Waals surface area contributed by atoms with Crippen LogP contribution in [0.4, 0.5) is 5.69 Å². The Kier molecular flexibility index (Phi) is 4.66. The van der Waals surface area contributed by atoms with Crippen molar-refractivity contribution >= 4 is 27.5 Å². The Morgan fingerprint density at radius 3 is 2.65 bits per heavy atom. The van der Waals surface area contributed by atoms with Crippen molar-refractivity contribution in [3.63, 3.8) is 0 Å². The summed E-state index contributed by atoms with van der Waals surface area (Å²) in [5.41, 5.74) is 7.74. The van der Waals surface area contributed by atoms with Crippen molar-refractivity contribution in [2.24, 2.45) is 0 Å². The van der Waals surface area contributed by atoms with E-state index in [2.05, 4.69) is 4.72 Å².